The number of benzene rings is 2. The van der Waals surface area contributed by atoms with Gasteiger partial charge in [-0.25, -0.2) is 0 Å². The molecule has 2 aromatic carbocycles. The van der Waals surface area contributed by atoms with Gasteiger partial charge in [0.1, 0.15) is 12.4 Å². The van der Waals surface area contributed by atoms with Crippen LogP contribution in [0.5, 0.6) is 5.75 Å². The zero-order valence-corrected chi connectivity index (χ0v) is 13.0. The van der Waals surface area contributed by atoms with Crippen molar-refractivity contribution in [2.45, 2.75) is 32.0 Å². The SMILES string of the molecule is O[C@H]1CCCc2ccc(OCc3cccc(Cl)c3Cl)cc21. The molecule has 0 radical (unpaired) electrons. The van der Waals surface area contributed by atoms with E-state index in [0.29, 0.717) is 16.7 Å². The van der Waals surface area contributed by atoms with E-state index in [1.165, 1.54) is 5.56 Å². The maximum atomic E-state index is 10.1. The summed E-state index contributed by atoms with van der Waals surface area (Å²) < 4.78 is 5.79. The summed E-state index contributed by atoms with van der Waals surface area (Å²) in [5.74, 6) is 0.741. The summed E-state index contributed by atoms with van der Waals surface area (Å²) in [6, 6.07) is 11.4. The molecule has 110 valence electrons. The Labute approximate surface area is 134 Å². The lowest BCUT2D eigenvalue weighted by atomic mass is 9.89. The van der Waals surface area contributed by atoms with Gasteiger partial charge in [-0.2, -0.15) is 0 Å². The van der Waals surface area contributed by atoms with E-state index in [-0.39, 0.29) is 6.10 Å². The van der Waals surface area contributed by atoms with E-state index in [1.807, 2.05) is 30.3 Å². The maximum Gasteiger partial charge on any atom is 0.120 e. The van der Waals surface area contributed by atoms with Crippen molar-refractivity contribution in [3.8, 4) is 5.75 Å². The van der Waals surface area contributed by atoms with E-state index in [2.05, 4.69) is 0 Å². The molecule has 0 aliphatic heterocycles. The first kappa shape index (κ1) is 14.7. The minimum Gasteiger partial charge on any atom is -0.489 e. The second-order valence-electron chi connectivity index (χ2n) is 5.27. The Balaban J connectivity index is 1.77. The van der Waals surface area contributed by atoms with Crippen molar-refractivity contribution < 1.29 is 9.84 Å². The molecule has 0 amide bonds. The Morgan fingerprint density at radius 2 is 2.05 bits per heavy atom. The summed E-state index contributed by atoms with van der Waals surface area (Å²) >= 11 is 12.1. The van der Waals surface area contributed by atoms with Crippen LogP contribution < -0.4 is 4.74 Å². The third-order valence-corrected chi connectivity index (χ3v) is 4.68. The van der Waals surface area contributed by atoms with E-state index in [0.717, 1.165) is 36.1 Å². The maximum absolute atomic E-state index is 10.1. The van der Waals surface area contributed by atoms with Crippen LogP contribution in [0.1, 0.15) is 35.6 Å². The number of rotatable bonds is 3. The van der Waals surface area contributed by atoms with Gasteiger partial charge in [-0.3, -0.25) is 0 Å². The number of halogens is 2. The summed E-state index contributed by atoms with van der Waals surface area (Å²) in [4.78, 5) is 0. The molecular weight excluding hydrogens is 307 g/mol. The molecule has 21 heavy (non-hydrogen) atoms. The normalized spacial score (nSPS) is 17.4. The first-order valence-electron chi connectivity index (χ1n) is 7.02. The Hall–Kier alpha value is -1.22. The van der Waals surface area contributed by atoms with Crippen LogP contribution in [0.2, 0.25) is 10.0 Å². The summed E-state index contributed by atoms with van der Waals surface area (Å²) in [5, 5.41) is 11.1. The van der Waals surface area contributed by atoms with Crippen LogP contribution in [-0.4, -0.2) is 5.11 Å². The zero-order valence-electron chi connectivity index (χ0n) is 11.5. The highest BCUT2D eigenvalue weighted by Crippen LogP contribution is 2.33. The minimum atomic E-state index is -0.382. The monoisotopic (exact) mass is 322 g/mol. The van der Waals surface area contributed by atoms with Gasteiger partial charge in [-0.05, 0) is 48.6 Å². The van der Waals surface area contributed by atoms with Gasteiger partial charge in [-0.1, -0.05) is 41.4 Å². The van der Waals surface area contributed by atoms with Gasteiger partial charge in [0.2, 0.25) is 0 Å². The first-order valence-corrected chi connectivity index (χ1v) is 7.77. The Morgan fingerprint density at radius 3 is 2.90 bits per heavy atom. The zero-order chi connectivity index (χ0) is 14.8. The summed E-state index contributed by atoms with van der Waals surface area (Å²) in [6.45, 7) is 0.355. The lowest BCUT2D eigenvalue weighted by Gasteiger charge is -2.22. The molecule has 0 bridgehead atoms. The molecule has 1 atom stereocenters. The van der Waals surface area contributed by atoms with Crippen molar-refractivity contribution in [1.82, 2.24) is 0 Å². The average Bonchev–Trinajstić information content (AvgIpc) is 2.49. The van der Waals surface area contributed by atoms with Crippen molar-refractivity contribution in [3.63, 3.8) is 0 Å². The van der Waals surface area contributed by atoms with Crippen LogP contribution >= 0.6 is 23.2 Å². The lowest BCUT2D eigenvalue weighted by Crippen LogP contribution is -2.09. The number of hydrogen-bond donors (Lipinski definition) is 1. The number of aryl methyl sites for hydroxylation is 1. The van der Waals surface area contributed by atoms with Crippen LogP contribution in [0.3, 0.4) is 0 Å². The molecular formula is C17H16Cl2O2. The van der Waals surface area contributed by atoms with Crippen LogP contribution in [0.25, 0.3) is 0 Å². The summed E-state index contributed by atoms with van der Waals surface area (Å²) in [7, 11) is 0. The molecule has 1 aliphatic carbocycles. The molecule has 1 aliphatic rings. The van der Waals surface area contributed by atoms with Crippen LogP contribution in [0, 0.1) is 0 Å². The molecule has 4 heteroatoms. The van der Waals surface area contributed by atoms with Crippen molar-refractivity contribution in [3.05, 3.63) is 63.1 Å². The second kappa shape index (κ2) is 6.27. The molecule has 2 aromatic rings. The molecule has 2 nitrogen and oxygen atoms in total. The topological polar surface area (TPSA) is 29.5 Å². The van der Waals surface area contributed by atoms with Gasteiger partial charge in [0.05, 0.1) is 16.1 Å². The van der Waals surface area contributed by atoms with Crippen LogP contribution in [-0.2, 0) is 13.0 Å². The standard InChI is InChI=1S/C17H16Cl2O2/c18-15-5-1-4-12(17(15)19)10-21-13-8-7-11-3-2-6-16(20)14(11)9-13/h1,4-5,7-9,16,20H,2-3,6,10H2/t16-/m0/s1. The van der Waals surface area contributed by atoms with E-state index in [4.69, 9.17) is 27.9 Å². The highest BCUT2D eigenvalue weighted by Gasteiger charge is 2.18. The first-order chi connectivity index (χ1) is 10.1. The fraction of sp³-hybridized carbons (Fsp3) is 0.294. The van der Waals surface area contributed by atoms with E-state index >= 15 is 0 Å². The number of fused-ring (bicyclic) bond motifs is 1. The Kier molecular flexibility index (Phi) is 4.39. The van der Waals surface area contributed by atoms with Gasteiger partial charge < -0.3 is 9.84 Å². The number of hydrogen-bond acceptors (Lipinski definition) is 2. The number of aliphatic hydroxyl groups excluding tert-OH is 1. The van der Waals surface area contributed by atoms with Gasteiger partial charge in [0.25, 0.3) is 0 Å². The largest absolute Gasteiger partial charge is 0.489 e. The minimum absolute atomic E-state index is 0.355. The summed E-state index contributed by atoms with van der Waals surface area (Å²) in [6.07, 6.45) is 2.49. The van der Waals surface area contributed by atoms with Gasteiger partial charge in [0, 0.05) is 5.56 Å². The van der Waals surface area contributed by atoms with Crippen LogP contribution in [0.15, 0.2) is 36.4 Å². The third-order valence-electron chi connectivity index (χ3n) is 3.83. The molecule has 0 fully saturated rings. The van der Waals surface area contributed by atoms with E-state index in [9.17, 15) is 5.11 Å². The average molecular weight is 323 g/mol. The predicted molar refractivity (Wildman–Crippen MR) is 85.1 cm³/mol. The number of ether oxygens (including phenoxy) is 1. The van der Waals surface area contributed by atoms with Gasteiger partial charge in [-0.15, -0.1) is 0 Å². The Morgan fingerprint density at radius 1 is 1.19 bits per heavy atom. The highest BCUT2D eigenvalue weighted by atomic mass is 35.5. The van der Waals surface area contributed by atoms with Crippen molar-refractivity contribution in [1.29, 1.82) is 0 Å². The van der Waals surface area contributed by atoms with Crippen molar-refractivity contribution >= 4 is 23.2 Å². The van der Waals surface area contributed by atoms with Gasteiger partial charge in [0.15, 0.2) is 0 Å². The molecule has 0 saturated carbocycles. The molecule has 0 unspecified atom stereocenters. The molecule has 0 heterocycles. The molecule has 1 N–H and O–H groups in total. The third kappa shape index (κ3) is 3.18. The fourth-order valence-electron chi connectivity index (χ4n) is 2.66. The smallest absolute Gasteiger partial charge is 0.120 e. The summed E-state index contributed by atoms with van der Waals surface area (Å²) in [5.41, 5.74) is 3.04. The number of aliphatic hydroxyl groups is 1. The Bertz CT molecular complexity index is 655. The second-order valence-corrected chi connectivity index (χ2v) is 6.06. The van der Waals surface area contributed by atoms with Crippen molar-refractivity contribution in [2.24, 2.45) is 0 Å². The van der Waals surface area contributed by atoms with Crippen LogP contribution in [0.4, 0.5) is 0 Å². The van der Waals surface area contributed by atoms with Crippen molar-refractivity contribution in [2.75, 3.05) is 0 Å². The quantitative estimate of drug-likeness (QED) is 0.867. The molecule has 0 saturated heterocycles. The molecule has 0 aromatic heterocycles. The molecule has 0 spiro atoms. The van der Waals surface area contributed by atoms with Gasteiger partial charge >= 0.3 is 0 Å². The lowest BCUT2D eigenvalue weighted by molar-refractivity contribution is 0.156. The highest BCUT2D eigenvalue weighted by molar-refractivity contribution is 6.42. The fourth-order valence-corrected chi connectivity index (χ4v) is 3.04. The van der Waals surface area contributed by atoms with E-state index in [1.54, 1.807) is 6.07 Å². The molecule has 3 rings (SSSR count). The van der Waals surface area contributed by atoms with E-state index < -0.39 is 0 Å². The predicted octanol–water partition coefficient (Wildman–Crippen LogP) is 4.94.